The number of urea groups is 1. The summed E-state index contributed by atoms with van der Waals surface area (Å²) < 4.78 is 0. The number of aromatic amines is 1. The first-order valence-corrected chi connectivity index (χ1v) is 17.0. The lowest BCUT2D eigenvalue weighted by Crippen LogP contribution is -2.54. The van der Waals surface area contributed by atoms with Crippen molar-refractivity contribution in [3.8, 4) is 0 Å². The number of nitrogens with one attached hydrogen (secondary N) is 3. The van der Waals surface area contributed by atoms with Gasteiger partial charge < -0.3 is 24.9 Å². The summed E-state index contributed by atoms with van der Waals surface area (Å²) >= 11 is 0. The second-order valence-electron chi connectivity index (χ2n) is 13.3. The molecule has 0 unspecified atom stereocenters. The number of amides is 4. The fourth-order valence-corrected chi connectivity index (χ4v) is 7.66. The lowest BCUT2D eigenvalue weighted by molar-refractivity contribution is -0.141. The normalized spacial score (nSPS) is 20.9. The number of fused-ring (bicyclic) bond motifs is 2. The number of pyridine rings is 1. The third-order valence-corrected chi connectivity index (χ3v) is 10.4. The molecule has 4 aliphatic heterocycles. The molecule has 6 heterocycles. The number of piperidine rings is 3. The van der Waals surface area contributed by atoms with E-state index in [-0.39, 0.29) is 30.3 Å². The highest BCUT2D eigenvalue weighted by molar-refractivity contribution is 5.92. The van der Waals surface area contributed by atoms with Crippen molar-refractivity contribution in [1.29, 1.82) is 0 Å². The number of H-pyrrole nitrogens is 1. The molecule has 2 aromatic heterocycles. The minimum atomic E-state index is -0.636. The maximum absolute atomic E-state index is 14.0. The van der Waals surface area contributed by atoms with E-state index in [1.54, 1.807) is 12.4 Å². The lowest BCUT2D eigenvalue weighted by atomic mass is 9.98. The van der Waals surface area contributed by atoms with Crippen LogP contribution in [0.4, 0.5) is 10.5 Å². The van der Waals surface area contributed by atoms with E-state index in [9.17, 15) is 14.4 Å². The van der Waals surface area contributed by atoms with E-state index < -0.39 is 6.04 Å². The first-order valence-electron chi connectivity index (χ1n) is 17.0. The second kappa shape index (κ2) is 13.8. The van der Waals surface area contributed by atoms with Crippen LogP contribution < -0.4 is 10.6 Å². The first kappa shape index (κ1) is 30.6. The molecule has 0 radical (unpaired) electrons. The zero-order chi connectivity index (χ0) is 31.5. The summed E-state index contributed by atoms with van der Waals surface area (Å²) in [5.74, 6) is -0.0347. The molecule has 4 aliphatic rings. The third-order valence-electron chi connectivity index (χ3n) is 10.4. The van der Waals surface area contributed by atoms with Crippen LogP contribution in [-0.2, 0) is 22.7 Å². The summed E-state index contributed by atoms with van der Waals surface area (Å²) in [5, 5.41) is 14.4. The van der Waals surface area contributed by atoms with Crippen molar-refractivity contribution in [1.82, 2.24) is 40.1 Å². The summed E-state index contributed by atoms with van der Waals surface area (Å²) in [6.07, 6.45) is 10.8. The summed E-state index contributed by atoms with van der Waals surface area (Å²) in [7, 11) is 0. The van der Waals surface area contributed by atoms with Crippen molar-refractivity contribution in [2.75, 3.05) is 44.6 Å². The predicted molar refractivity (Wildman–Crippen MR) is 175 cm³/mol. The number of para-hydroxylation sites is 1. The van der Waals surface area contributed by atoms with Crippen LogP contribution in [0.2, 0.25) is 0 Å². The highest BCUT2D eigenvalue weighted by Gasteiger charge is 2.35. The molecule has 4 amide bonds. The number of carbonyl (C=O) groups excluding carboxylic acids is 3. The van der Waals surface area contributed by atoms with Gasteiger partial charge in [-0.2, -0.15) is 5.10 Å². The molecule has 12 heteroatoms. The van der Waals surface area contributed by atoms with Crippen molar-refractivity contribution < 1.29 is 14.4 Å². The maximum Gasteiger partial charge on any atom is 0.322 e. The Morgan fingerprint density at radius 2 is 1.65 bits per heavy atom. The Morgan fingerprint density at radius 3 is 2.46 bits per heavy atom. The summed E-state index contributed by atoms with van der Waals surface area (Å²) in [6, 6.07) is 9.75. The molecular formula is C34H45N9O3. The van der Waals surface area contributed by atoms with Gasteiger partial charge in [0, 0.05) is 62.4 Å². The van der Waals surface area contributed by atoms with Crippen LogP contribution >= 0.6 is 0 Å². The molecule has 12 nitrogen and oxygen atoms in total. The van der Waals surface area contributed by atoms with Gasteiger partial charge in [-0.3, -0.25) is 25.0 Å². The average molecular weight is 628 g/mol. The zero-order valence-corrected chi connectivity index (χ0v) is 26.5. The number of rotatable bonds is 8. The van der Waals surface area contributed by atoms with Crippen molar-refractivity contribution in [3.63, 3.8) is 0 Å². The fraction of sp³-hybridized carbons (Fsp3) is 0.559. The van der Waals surface area contributed by atoms with Gasteiger partial charge in [0.25, 0.3) is 0 Å². The summed E-state index contributed by atoms with van der Waals surface area (Å²) in [5.41, 5.74) is 3.63. The number of hydrogen-bond acceptors (Lipinski definition) is 7. The van der Waals surface area contributed by atoms with Crippen molar-refractivity contribution in [3.05, 3.63) is 54.0 Å². The minimum Gasteiger partial charge on any atom is -0.342 e. The predicted octanol–water partition coefficient (Wildman–Crippen LogP) is 3.32. The van der Waals surface area contributed by atoms with Crippen molar-refractivity contribution in [2.45, 2.75) is 82.6 Å². The van der Waals surface area contributed by atoms with Gasteiger partial charge >= 0.3 is 6.03 Å². The van der Waals surface area contributed by atoms with Crippen LogP contribution in [0, 0.1) is 0 Å². The van der Waals surface area contributed by atoms with E-state index >= 15 is 0 Å². The van der Waals surface area contributed by atoms with Crippen LogP contribution in [0.5, 0.6) is 0 Å². The number of anilines is 1. The van der Waals surface area contributed by atoms with Crippen LogP contribution in [0.25, 0.3) is 10.9 Å². The summed E-state index contributed by atoms with van der Waals surface area (Å²) in [4.78, 5) is 53.4. The minimum absolute atomic E-state index is 0.00614. The Bertz CT molecular complexity index is 1540. The molecule has 3 aromatic rings. The Balaban J connectivity index is 0.976. The van der Waals surface area contributed by atoms with E-state index in [1.807, 2.05) is 45.0 Å². The number of nitrogens with zero attached hydrogens (tertiary/aromatic N) is 6. The SMILES string of the molecule is O=C(C[C@H](NCc1cc2cn[nH]c2cn1)C(=O)N1CCC(N2CCCCC2)CC1)N1CCC(N2Cc3ccccc3NC2=O)CC1. The van der Waals surface area contributed by atoms with Gasteiger partial charge in [0.1, 0.15) is 0 Å². The van der Waals surface area contributed by atoms with Crippen LogP contribution in [0.3, 0.4) is 0 Å². The van der Waals surface area contributed by atoms with Crippen LogP contribution in [0.1, 0.15) is 62.6 Å². The molecule has 1 aromatic carbocycles. The van der Waals surface area contributed by atoms with Gasteiger partial charge in [-0.15, -0.1) is 0 Å². The van der Waals surface area contributed by atoms with Gasteiger partial charge in [-0.1, -0.05) is 24.6 Å². The monoisotopic (exact) mass is 627 g/mol. The van der Waals surface area contributed by atoms with Crippen molar-refractivity contribution >= 4 is 34.4 Å². The van der Waals surface area contributed by atoms with E-state index in [0.717, 1.165) is 66.9 Å². The number of hydrogen-bond donors (Lipinski definition) is 3. The number of benzene rings is 1. The quantitative estimate of drug-likeness (QED) is 0.350. The standard InChI is InChI=1S/C34H45N9O3/c44-32(41-14-10-28(11-15-41)43-23-24-6-2-3-7-29(24)38-34(43)46)19-30(36-21-26-18-25-20-37-39-31(25)22-35-26)33(45)42-16-8-27(9-17-42)40-12-4-1-5-13-40/h2-3,6-7,18,20,22,27-28,30,36H,1,4-5,8-17,19,21,23H2,(H,37,39)(H,38,46)/t30-/m0/s1. The van der Waals surface area contributed by atoms with E-state index in [0.29, 0.717) is 45.1 Å². The Morgan fingerprint density at radius 1 is 0.913 bits per heavy atom. The molecule has 3 fully saturated rings. The van der Waals surface area contributed by atoms with Crippen molar-refractivity contribution in [2.24, 2.45) is 0 Å². The molecule has 0 spiro atoms. The fourth-order valence-electron chi connectivity index (χ4n) is 7.66. The number of carbonyl (C=O) groups is 3. The van der Waals surface area contributed by atoms with Gasteiger partial charge in [-0.05, 0) is 69.3 Å². The summed E-state index contributed by atoms with van der Waals surface area (Å²) in [6.45, 7) is 5.86. The van der Waals surface area contributed by atoms with Crippen LogP contribution in [0.15, 0.2) is 42.7 Å². The Labute approximate surface area is 269 Å². The van der Waals surface area contributed by atoms with Gasteiger partial charge in [0.05, 0.1) is 36.1 Å². The molecule has 0 bridgehead atoms. The lowest BCUT2D eigenvalue weighted by Gasteiger charge is -2.41. The second-order valence-corrected chi connectivity index (χ2v) is 13.3. The van der Waals surface area contributed by atoms with E-state index in [2.05, 4.69) is 30.7 Å². The van der Waals surface area contributed by atoms with Gasteiger partial charge in [0.2, 0.25) is 11.8 Å². The van der Waals surface area contributed by atoms with E-state index in [4.69, 9.17) is 0 Å². The molecule has 46 heavy (non-hydrogen) atoms. The first-order chi connectivity index (χ1) is 22.5. The third kappa shape index (κ3) is 6.73. The highest BCUT2D eigenvalue weighted by Crippen LogP contribution is 2.28. The zero-order valence-electron chi connectivity index (χ0n) is 26.5. The Hall–Kier alpha value is -4.03. The highest BCUT2D eigenvalue weighted by atomic mass is 16.2. The number of likely N-dealkylation sites (tertiary alicyclic amines) is 3. The average Bonchev–Trinajstić information content (AvgIpc) is 3.58. The van der Waals surface area contributed by atoms with E-state index in [1.165, 1.54) is 19.3 Å². The molecule has 1 atom stereocenters. The van der Waals surface area contributed by atoms with Gasteiger partial charge in [0.15, 0.2) is 0 Å². The Kier molecular flexibility index (Phi) is 9.16. The molecule has 3 N–H and O–H groups in total. The smallest absolute Gasteiger partial charge is 0.322 e. The molecule has 0 saturated carbocycles. The maximum atomic E-state index is 14.0. The largest absolute Gasteiger partial charge is 0.342 e. The molecule has 7 rings (SSSR count). The molecular weight excluding hydrogens is 582 g/mol. The molecule has 3 saturated heterocycles. The van der Waals surface area contributed by atoms with Crippen LogP contribution in [-0.4, -0.2) is 110 Å². The molecule has 244 valence electrons. The molecule has 0 aliphatic carbocycles. The number of aromatic nitrogens is 3. The van der Waals surface area contributed by atoms with Gasteiger partial charge in [-0.25, -0.2) is 4.79 Å². The topological polar surface area (TPSA) is 130 Å².